The van der Waals surface area contributed by atoms with Crippen LogP contribution in [0.2, 0.25) is 0 Å². The van der Waals surface area contributed by atoms with Crippen molar-refractivity contribution in [2.24, 2.45) is 0 Å². The quantitative estimate of drug-likeness (QED) is 0.636. The van der Waals surface area contributed by atoms with E-state index in [9.17, 15) is 4.79 Å². The zero-order chi connectivity index (χ0) is 13.8. The number of carbonyl (C=O) groups is 1. The summed E-state index contributed by atoms with van der Waals surface area (Å²) < 4.78 is 5.19. The summed E-state index contributed by atoms with van der Waals surface area (Å²) in [5.74, 6) is 0. The maximum atomic E-state index is 10.7. The number of nitrogens with zero attached hydrogens (tertiary/aromatic N) is 1. The van der Waals surface area contributed by atoms with E-state index in [0.717, 1.165) is 22.5 Å². The van der Waals surface area contributed by atoms with Crippen LogP contribution >= 0.6 is 0 Å². The minimum atomic E-state index is -0.395. The standard InChI is InChI=1S/C14H17N3O2/c1-9-12(10(2)17-16-9)7-14(19-8-18)11-5-3-4-6-13(11)15/h3-6,8,14H,7,15H2,1-2H3,(H,16,17). The topological polar surface area (TPSA) is 81.0 Å². The minimum absolute atomic E-state index is 0.395. The molecule has 0 amide bonds. The number of nitrogens with two attached hydrogens (primary N) is 1. The van der Waals surface area contributed by atoms with Gasteiger partial charge in [0, 0.05) is 23.4 Å². The number of nitrogens with one attached hydrogen (secondary N) is 1. The van der Waals surface area contributed by atoms with Crippen LogP contribution < -0.4 is 5.73 Å². The Hall–Kier alpha value is -2.30. The Labute approximate surface area is 111 Å². The molecule has 1 atom stereocenters. The van der Waals surface area contributed by atoms with Crippen LogP contribution in [0, 0.1) is 13.8 Å². The zero-order valence-corrected chi connectivity index (χ0v) is 11.0. The smallest absolute Gasteiger partial charge is 0.293 e. The number of hydrogen-bond donors (Lipinski definition) is 2. The second-order valence-corrected chi connectivity index (χ2v) is 4.47. The number of rotatable bonds is 5. The van der Waals surface area contributed by atoms with Crippen LogP contribution in [0.15, 0.2) is 24.3 Å². The van der Waals surface area contributed by atoms with Crippen molar-refractivity contribution in [1.29, 1.82) is 0 Å². The number of aromatic nitrogens is 2. The van der Waals surface area contributed by atoms with Crippen molar-refractivity contribution in [3.05, 3.63) is 46.8 Å². The summed E-state index contributed by atoms with van der Waals surface area (Å²) in [6, 6.07) is 7.40. The first-order valence-corrected chi connectivity index (χ1v) is 6.07. The summed E-state index contributed by atoms with van der Waals surface area (Å²) in [5, 5.41) is 7.07. The zero-order valence-electron chi connectivity index (χ0n) is 11.0. The van der Waals surface area contributed by atoms with E-state index >= 15 is 0 Å². The molecular formula is C14H17N3O2. The number of anilines is 1. The Kier molecular flexibility index (Phi) is 3.85. The highest BCUT2D eigenvalue weighted by Gasteiger charge is 2.19. The summed E-state index contributed by atoms with van der Waals surface area (Å²) in [7, 11) is 0. The molecule has 1 heterocycles. The molecule has 1 aromatic carbocycles. The molecule has 5 nitrogen and oxygen atoms in total. The van der Waals surface area contributed by atoms with E-state index < -0.39 is 6.10 Å². The summed E-state index contributed by atoms with van der Waals surface area (Å²) in [4.78, 5) is 10.7. The van der Waals surface area contributed by atoms with Crippen molar-refractivity contribution in [2.75, 3.05) is 5.73 Å². The van der Waals surface area contributed by atoms with Gasteiger partial charge in [-0.2, -0.15) is 5.10 Å². The number of H-pyrrole nitrogens is 1. The number of para-hydroxylation sites is 1. The summed E-state index contributed by atoms with van der Waals surface area (Å²) >= 11 is 0. The van der Waals surface area contributed by atoms with E-state index in [2.05, 4.69) is 10.2 Å². The fraction of sp³-hybridized carbons (Fsp3) is 0.286. The maximum Gasteiger partial charge on any atom is 0.293 e. The normalized spacial score (nSPS) is 12.1. The van der Waals surface area contributed by atoms with Crippen molar-refractivity contribution in [3.63, 3.8) is 0 Å². The molecule has 0 aliphatic heterocycles. The van der Waals surface area contributed by atoms with Crippen LogP contribution in [-0.4, -0.2) is 16.7 Å². The monoisotopic (exact) mass is 259 g/mol. The van der Waals surface area contributed by atoms with Crippen molar-refractivity contribution in [3.8, 4) is 0 Å². The lowest BCUT2D eigenvalue weighted by molar-refractivity contribution is -0.133. The molecule has 2 rings (SSSR count). The van der Waals surface area contributed by atoms with E-state index in [-0.39, 0.29) is 0 Å². The molecule has 0 radical (unpaired) electrons. The number of carbonyl (C=O) groups excluding carboxylic acids is 1. The Balaban J connectivity index is 2.32. The number of benzene rings is 1. The van der Waals surface area contributed by atoms with Crippen LogP contribution in [-0.2, 0) is 16.0 Å². The fourth-order valence-electron chi connectivity index (χ4n) is 2.16. The van der Waals surface area contributed by atoms with Crippen molar-refractivity contribution in [2.45, 2.75) is 26.4 Å². The third kappa shape index (κ3) is 2.76. The molecule has 0 fully saturated rings. The number of hydrogen-bond acceptors (Lipinski definition) is 4. The molecule has 1 unspecified atom stereocenters. The van der Waals surface area contributed by atoms with Crippen molar-refractivity contribution >= 4 is 12.2 Å². The van der Waals surface area contributed by atoms with E-state index in [0.29, 0.717) is 18.6 Å². The van der Waals surface area contributed by atoms with Crippen molar-refractivity contribution in [1.82, 2.24) is 10.2 Å². The molecular weight excluding hydrogens is 242 g/mol. The third-order valence-electron chi connectivity index (χ3n) is 3.23. The third-order valence-corrected chi connectivity index (χ3v) is 3.23. The van der Waals surface area contributed by atoms with Gasteiger partial charge in [0.2, 0.25) is 0 Å². The van der Waals surface area contributed by atoms with E-state index in [1.54, 1.807) is 6.07 Å². The van der Waals surface area contributed by atoms with Gasteiger partial charge in [-0.25, -0.2) is 0 Å². The largest absolute Gasteiger partial charge is 0.459 e. The van der Waals surface area contributed by atoms with Gasteiger partial charge < -0.3 is 10.5 Å². The average Bonchev–Trinajstić information content (AvgIpc) is 2.70. The predicted molar refractivity (Wildman–Crippen MR) is 72.5 cm³/mol. The Morgan fingerprint density at radius 1 is 1.42 bits per heavy atom. The van der Waals surface area contributed by atoms with Gasteiger partial charge in [-0.05, 0) is 25.5 Å². The molecule has 0 bridgehead atoms. The van der Waals surface area contributed by atoms with Gasteiger partial charge in [0.25, 0.3) is 6.47 Å². The Bertz CT molecular complexity index is 558. The summed E-state index contributed by atoms with van der Waals surface area (Å²) in [6.45, 7) is 4.33. The molecule has 0 saturated heterocycles. The number of nitrogen functional groups attached to an aromatic ring is 1. The molecule has 5 heteroatoms. The first-order chi connectivity index (χ1) is 9.13. The number of aromatic amines is 1. The van der Waals surface area contributed by atoms with Crippen LogP contribution in [0.4, 0.5) is 5.69 Å². The van der Waals surface area contributed by atoms with Crippen LogP contribution in [0.1, 0.15) is 28.6 Å². The van der Waals surface area contributed by atoms with Crippen LogP contribution in [0.5, 0.6) is 0 Å². The van der Waals surface area contributed by atoms with Crippen LogP contribution in [0.25, 0.3) is 0 Å². The molecule has 19 heavy (non-hydrogen) atoms. The van der Waals surface area contributed by atoms with E-state index in [1.807, 2.05) is 32.0 Å². The average molecular weight is 259 g/mol. The highest BCUT2D eigenvalue weighted by molar-refractivity contribution is 5.50. The second-order valence-electron chi connectivity index (χ2n) is 4.47. The lowest BCUT2D eigenvalue weighted by Crippen LogP contribution is -2.10. The molecule has 0 aliphatic carbocycles. The summed E-state index contributed by atoms with van der Waals surface area (Å²) in [6.07, 6.45) is 0.162. The SMILES string of the molecule is Cc1n[nH]c(C)c1CC(OC=O)c1ccccc1N. The summed E-state index contributed by atoms with van der Waals surface area (Å²) in [5.41, 5.74) is 10.3. The fourth-order valence-corrected chi connectivity index (χ4v) is 2.16. The van der Waals surface area contributed by atoms with Gasteiger partial charge in [-0.1, -0.05) is 18.2 Å². The van der Waals surface area contributed by atoms with Crippen LogP contribution in [0.3, 0.4) is 0 Å². The highest BCUT2D eigenvalue weighted by atomic mass is 16.5. The first kappa shape index (κ1) is 13.1. The predicted octanol–water partition coefficient (Wildman–Crippen LogP) is 2.07. The van der Waals surface area contributed by atoms with Gasteiger partial charge in [-0.15, -0.1) is 0 Å². The van der Waals surface area contributed by atoms with E-state index in [4.69, 9.17) is 10.5 Å². The highest BCUT2D eigenvalue weighted by Crippen LogP contribution is 2.28. The molecule has 100 valence electrons. The van der Waals surface area contributed by atoms with Gasteiger partial charge in [0.15, 0.2) is 0 Å². The van der Waals surface area contributed by atoms with Crippen molar-refractivity contribution < 1.29 is 9.53 Å². The molecule has 2 aromatic rings. The van der Waals surface area contributed by atoms with E-state index in [1.165, 1.54) is 0 Å². The second kappa shape index (κ2) is 5.56. The minimum Gasteiger partial charge on any atom is -0.459 e. The Morgan fingerprint density at radius 2 is 2.16 bits per heavy atom. The van der Waals surface area contributed by atoms with Gasteiger partial charge in [0.1, 0.15) is 6.10 Å². The molecule has 0 saturated carbocycles. The molecule has 3 N–H and O–H groups in total. The number of ether oxygens (including phenoxy) is 1. The number of aryl methyl sites for hydroxylation is 2. The van der Waals surface area contributed by atoms with Gasteiger partial charge in [0.05, 0.1) is 5.69 Å². The first-order valence-electron chi connectivity index (χ1n) is 6.07. The van der Waals surface area contributed by atoms with Gasteiger partial charge >= 0.3 is 0 Å². The lowest BCUT2D eigenvalue weighted by Gasteiger charge is -2.17. The maximum absolute atomic E-state index is 10.7. The lowest BCUT2D eigenvalue weighted by atomic mass is 9.99. The molecule has 0 spiro atoms. The molecule has 0 aliphatic rings. The van der Waals surface area contributed by atoms with Gasteiger partial charge in [-0.3, -0.25) is 9.89 Å². The molecule has 1 aromatic heterocycles. The Morgan fingerprint density at radius 3 is 2.74 bits per heavy atom.